The summed E-state index contributed by atoms with van der Waals surface area (Å²) < 4.78 is 5.24. The normalized spacial score (nSPS) is 25.8. The molecule has 1 aliphatic heterocycles. The molecule has 2 unspecified atom stereocenters. The summed E-state index contributed by atoms with van der Waals surface area (Å²) in [4.78, 5) is 11.9. The molecule has 2 N–H and O–H groups in total. The van der Waals surface area contributed by atoms with E-state index in [9.17, 15) is 4.79 Å². The number of carbonyl (C=O) groups excluding carboxylic acids is 1. The molecule has 4 nitrogen and oxygen atoms in total. The molecule has 0 bridgehead atoms. The first-order chi connectivity index (χ1) is 8.83. The summed E-state index contributed by atoms with van der Waals surface area (Å²) in [6.45, 7) is 1.38. The summed E-state index contributed by atoms with van der Waals surface area (Å²) in [5.41, 5.74) is 2.61. The van der Waals surface area contributed by atoms with Gasteiger partial charge in [0, 0.05) is 6.61 Å². The summed E-state index contributed by atoms with van der Waals surface area (Å²) >= 11 is 0. The molecular weight excluding hydrogens is 228 g/mol. The molecule has 1 aromatic carbocycles. The molecule has 0 aromatic heterocycles. The lowest BCUT2D eigenvalue weighted by Gasteiger charge is -2.17. The SMILES string of the molecule is O=C(NC1CCOC1)NC1CCc2ccccc21. The summed E-state index contributed by atoms with van der Waals surface area (Å²) in [6, 6.07) is 8.57. The molecule has 4 heteroatoms. The Hall–Kier alpha value is -1.55. The lowest BCUT2D eigenvalue weighted by molar-refractivity contribution is 0.188. The minimum Gasteiger partial charge on any atom is -0.379 e. The van der Waals surface area contributed by atoms with Gasteiger partial charge in [-0.25, -0.2) is 4.79 Å². The minimum atomic E-state index is -0.0767. The van der Waals surface area contributed by atoms with Gasteiger partial charge in [-0.15, -0.1) is 0 Å². The quantitative estimate of drug-likeness (QED) is 0.835. The van der Waals surface area contributed by atoms with Crippen LogP contribution in [0.5, 0.6) is 0 Å². The van der Waals surface area contributed by atoms with Crippen LogP contribution in [0, 0.1) is 0 Å². The summed E-state index contributed by atoms with van der Waals surface area (Å²) in [5, 5.41) is 6.02. The van der Waals surface area contributed by atoms with E-state index in [0.717, 1.165) is 25.9 Å². The smallest absolute Gasteiger partial charge is 0.315 e. The van der Waals surface area contributed by atoms with Crippen molar-refractivity contribution in [3.05, 3.63) is 35.4 Å². The van der Waals surface area contributed by atoms with Gasteiger partial charge in [-0.3, -0.25) is 0 Å². The second-order valence-electron chi connectivity index (χ2n) is 4.97. The Labute approximate surface area is 107 Å². The molecule has 1 fully saturated rings. The number of urea groups is 1. The molecule has 96 valence electrons. The number of rotatable bonds is 2. The molecule has 1 aromatic rings. The highest BCUT2D eigenvalue weighted by Gasteiger charge is 2.24. The third kappa shape index (κ3) is 2.34. The Kier molecular flexibility index (Phi) is 3.19. The van der Waals surface area contributed by atoms with Gasteiger partial charge in [-0.2, -0.15) is 0 Å². The molecule has 0 saturated carbocycles. The topological polar surface area (TPSA) is 50.4 Å². The number of hydrogen-bond donors (Lipinski definition) is 2. The fourth-order valence-corrected chi connectivity index (χ4v) is 2.74. The van der Waals surface area contributed by atoms with E-state index in [4.69, 9.17) is 4.74 Å². The Bertz CT molecular complexity index is 441. The Balaban J connectivity index is 1.58. The second kappa shape index (κ2) is 4.98. The first-order valence-corrected chi connectivity index (χ1v) is 6.55. The van der Waals surface area contributed by atoms with E-state index in [1.54, 1.807) is 0 Å². The van der Waals surface area contributed by atoms with E-state index in [1.807, 2.05) is 6.07 Å². The molecule has 1 saturated heterocycles. The van der Waals surface area contributed by atoms with Gasteiger partial charge < -0.3 is 15.4 Å². The first-order valence-electron chi connectivity index (χ1n) is 6.55. The van der Waals surface area contributed by atoms with Gasteiger partial charge in [0.1, 0.15) is 0 Å². The van der Waals surface area contributed by atoms with Gasteiger partial charge in [0.15, 0.2) is 0 Å². The van der Waals surface area contributed by atoms with Gasteiger partial charge in [0.05, 0.1) is 18.7 Å². The fourth-order valence-electron chi connectivity index (χ4n) is 2.74. The Morgan fingerprint density at radius 2 is 2.11 bits per heavy atom. The van der Waals surface area contributed by atoms with Gasteiger partial charge in [-0.05, 0) is 30.4 Å². The van der Waals surface area contributed by atoms with Crippen LogP contribution >= 0.6 is 0 Å². The van der Waals surface area contributed by atoms with Gasteiger partial charge >= 0.3 is 6.03 Å². The first kappa shape index (κ1) is 11.5. The van der Waals surface area contributed by atoms with Gasteiger partial charge in [0.2, 0.25) is 0 Å². The van der Waals surface area contributed by atoms with Crippen molar-refractivity contribution < 1.29 is 9.53 Å². The number of ether oxygens (including phenoxy) is 1. The van der Waals surface area contributed by atoms with E-state index in [-0.39, 0.29) is 18.1 Å². The summed E-state index contributed by atoms with van der Waals surface area (Å²) in [6.07, 6.45) is 2.95. The average Bonchev–Trinajstić information content (AvgIpc) is 3.00. The largest absolute Gasteiger partial charge is 0.379 e. The van der Waals surface area contributed by atoms with Crippen molar-refractivity contribution in [2.24, 2.45) is 0 Å². The number of hydrogen-bond acceptors (Lipinski definition) is 2. The zero-order valence-electron chi connectivity index (χ0n) is 10.3. The number of nitrogens with one attached hydrogen (secondary N) is 2. The highest BCUT2D eigenvalue weighted by atomic mass is 16.5. The van der Waals surface area contributed by atoms with E-state index >= 15 is 0 Å². The zero-order chi connectivity index (χ0) is 12.4. The molecule has 3 rings (SSSR count). The molecular formula is C14H18N2O2. The highest BCUT2D eigenvalue weighted by molar-refractivity contribution is 5.75. The number of amides is 2. The molecule has 2 aliphatic rings. The maximum atomic E-state index is 11.9. The maximum absolute atomic E-state index is 11.9. The third-order valence-corrected chi connectivity index (χ3v) is 3.70. The van der Waals surface area contributed by atoms with Crippen molar-refractivity contribution in [2.75, 3.05) is 13.2 Å². The van der Waals surface area contributed by atoms with Crippen molar-refractivity contribution >= 4 is 6.03 Å². The van der Waals surface area contributed by atoms with Crippen molar-refractivity contribution in [2.45, 2.75) is 31.3 Å². The predicted molar refractivity (Wildman–Crippen MR) is 68.4 cm³/mol. The highest BCUT2D eigenvalue weighted by Crippen LogP contribution is 2.30. The second-order valence-corrected chi connectivity index (χ2v) is 4.97. The molecule has 2 atom stereocenters. The lowest BCUT2D eigenvalue weighted by Crippen LogP contribution is -2.43. The van der Waals surface area contributed by atoms with Gasteiger partial charge in [0.25, 0.3) is 0 Å². The van der Waals surface area contributed by atoms with Crippen LogP contribution < -0.4 is 10.6 Å². The standard InChI is InChI=1S/C14H18N2O2/c17-14(15-11-7-8-18-9-11)16-13-6-5-10-3-1-2-4-12(10)13/h1-4,11,13H,5-9H2,(H2,15,16,17). The number of carbonyl (C=O) groups is 1. The van der Waals surface area contributed by atoms with Gasteiger partial charge in [-0.1, -0.05) is 24.3 Å². The van der Waals surface area contributed by atoms with Crippen molar-refractivity contribution in [1.29, 1.82) is 0 Å². The van der Waals surface area contributed by atoms with E-state index in [0.29, 0.717) is 6.61 Å². The third-order valence-electron chi connectivity index (χ3n) is 3.70. The van der Waals surface area contributed by atoms with E-state index < -0.39 is 0 Å². The Morgan fingerprint density at radius 1 is 1.22 bits per heavy atom. The lowest BCUT2D eigenvalue weighted by atomic mass is 10.1. The van der Waals surface area contributed by atoms with Crippen molar-refractivity contribution in [1.82, 2.24) is 10.6 Å². The van der Waals surface area contributed by atoms with Crippen LogP contribution in [0.4, 0.5) is 4.79 Å². The molecule has 2 amide bonds. The molecule has 0 spiro atoms. The van der Waals surface area contributed by atoms with Crippen molar-refractivity contribution in [3.8, 4) is 0 Å². The Morgan fingerprint density at radius 3 is 2.94 bits per heavy atom. The average molecular weight is 246 g/mol. The van der Waals surface area contributed by atoms with Crippen LogP contribution in [-0.2, 0) is 11.2 Å². The zero-order valence-corrected chi connectivity index (χ0v) is 10.3. The van der Waals surface area contributed by atoms with E-state index in [1.165, 1.54) is 11.1 Å². The number of fused-ring (bicyclic) bond motifs is 1. The molecule has 1 aliphatic carbocycles. The summed E-state index contributed by atoms with van der Waals surface area (Å²) in [7, 11) is 0. The van der Waals surface area contributed by atoms with Crippen LogP contribution in [0.3, 0.4) is 0 Å². The molecule has 18 heavy (non-hydrogen) atoms. The minimum absolute atomic E-state index is 0.0767. The molecule has 1 heterocycles. The molecule has 0 radical (unpaired) electrons. The fraction of sp³-hybridized carbons (Fsp3) is 0.500. The predicted octanol–water partition coefficient (Wildman–Crippen LogP) is 1.76. The number of benzene rings is 1. The number of aryl methyl sites for hydroxylation is 1. The van der Waals surface area contributed by atoms with Crippen LogP contribution in [0.2, 0.25) is 0 Å². The van der Waals surface area contributed by atoms with E-state index in [2.05, 4.69) is 28.8 Å². The van der Waals surface area contributed by atoms with Crippen molar-refractivity contribution in [3.63, 3.8) is 0 Å². The maximum Gasteiger partial charge on any atom is 0.315 e. The van der Waals surface area contributed by atoms with Crippen LogP contribution in [0.15, 0.2) is 24.3 Å². The monoisotopic (exact) mass is 246 g/mol. The van der Waals surface area contributed by atoms with Crippen LogP contribution in [-0.4, -0.2) is 25.3 Å². The van der Waals surface area contributed by atoms with Crippen LogP contribution in [0.25, 0.3) is 0 Å². The summed E-state index contributed by atoms with van der Waals surface area (Å²) in [5.74, 6) is 0. The van der Waals surface area contributed by atoms with Crippen LogP contribution in [0.1, 0.15) is 30.0 Å².